The molecule has 2 aromatic carbocycles. The lowest BCUT2D eigenvalue weighted by Crippen LogP contribution is -2.17. The van der Waals surface area contributed by atoms with Gasteiger partial charge in [0.1, 0.15) is 0 Å². The second kappa shape index (κ2) is 8.42. The molecule has 120 valence electrons. The van der Waals surface area contributed by atoms with E-state index in [0.29, 0.717) is 18.0 Å². The van der Waals surface area contributed by atoms with Gasteiger partial charge in [0, 0.05) is 25.8 Å². The maximum absolute atomic E-state index is 9.19. The number of aliphatic hydroxyl groups is 1. The number of halogens is 1. The highest BCUT2D eigenvalue weighted by atomic mass is 35.5. The van der Waals surface area contributed by atoms with Gasteiger partial charge in [0.15, 0.2) is 0 Å². The SMILES string of the molecule is CN(CCC#N)c1ccc(CNc2cc(CO)ccc2Cl)cc1. The molecule has 0 saturated carbocycles. The topological polar surface area (TPSA) is 59.3 Å². The Labute approximate surface area is 141 Å². The van der Waals surface area contributed by atoms with Gasteiger partial charge in [-0.3, -0.25) is 0 Å². The maximum Gasteiger partial charge on any atom is 0.0682 e. The predicted octanol–water partition coefficient (Wildman–Crippen LogP) is 3.79. The molecule has 2 rings (SSSR count). The molecule has 2 N–H and O–H groups in total. The predicted molar refractivity (Wildman–Crippen MR) is 94.6 cm³/mol. The van der Waals surface area contributed by atoms with Crippen LogP contribution in [0.25, 0.3) is 0 Å². The summed E-state index contributed by atoms with van der Waals surface area (Å²) in [7, 11) is 1.98. The van der Waals surface area contributed by atoms with Crippen LogP contribution in [0.4, 0.5) is 11.4 Å². The van der Waals surface area contributed by atoms with Crippen LogP contribution in [0.5, 0.6) is 0 Å². The number of benzene rings is 2. The van der Waals surface area contributed by atoms with E-state index in [2.05, 4.69) is 28.4 Å². The summed E-state index contributed by atoms with van der Waals surface area (Å²) >= 11 is 6.16. The van der Waals surface area contributed by atoms with Crippen LogP contribution in [0.1, 0.15) is 17.5 Å². The van der Waals surface area contributed by atoms with Crippen LogP contribution < -0.4 is 10.2 Å². The average Bonchev–Trinajstić information content (AvgIpc) is 2.59. The fourth-order valence-corrected chi connectivity index (χ4v) is 2.40. The molecule has 2 aromatic rings. The first-order valence-electron chi connectivity index (χ1n) is 7.44. The van der Waals surface area contributed by atoms with Crippen LogP contribution in [0.15, 0.2) is 42.5 Å². The molecule has 0 bridgehead atoms. The Morgan fingerprint density at radius 2 is 1.87 bits per heavy atom. The lowest BCUT2D eigenvalue weighted by Gasteiger charge is -2.18. The summed E-state index contributed by atoms with van der Waals surface area (Å²) < 4.78 is 0. The van der Waals surface area contributed by atoms with Crippen LogP contribution in [-0.2, 0) is 13.2 Å². The Hall–Kier alpha value is -2.22. The number of nitrogens with one attached hydrogen (secondary N) is 1. The van der Waals surface area contributed by atoms with Crippen molar-refractivity contribution in [3.05, 3.63) is 58.6 Å². The van der Waals surface area contributed by atoms with E-state index in [4.69, 9.17) is 16.9 Å². The number of rotatable bonds is 7. The van der Waals surface area contributed by atoms with E-state index in [0.717, 1.165) is 29.0 Å². The average molecular weight is 330 g/mol. The first kappa shape index (κ1) is 17.1. The number of aliphatic hydroxyl groups excluding tert-OH is 1. The van der Waals surface area contributed by atoms with Crippen molar-refractivity contribution in [2.45, 2.75) is 19.6 Å². The van der Waals surface area contributed by atoms with Gasteiger partial charge in [-0.2, -0.15) is 5.26 Å². The standard InChI is InChI=1S/C18H20ClN3O/c1-22(10-2-9-20)16-6-3-14(4-7-16)12-21-18-11-15(13-23)5-8-17(18)19/h3-8,11,21,23H,2,10,12-13H2,1H3. The van der Waals surface area contributed by atoms with Crippen molar-refractivity contribution in [1.82, 2.24) is 0 Å². The van der Waals surface area contributed by atoms with E-state index in [1.165, 1.54) is 0 Å². The monoisotopic (exact) mass is 329 g/mol. The number of nitriles is 1. The van der Waals surface area contributed by atoms with Gasteiger partial charge >= 0.3 is 0 Å². The molecule has 23 heavy (non-hydrogen) atoms. The Morgan fingerprint density at radius 1 is 1.17 bits per heavy atom. The van der Waals surface area contributed by atoms with E-state index in [1.54, 1.807) is 12.1 Å². The van der Waals surface area contributed by atoms with Crippen molar-refractivity contribution in [3.63, 3.8) is 0 Å². The fourth-order valence-electron chi connectivity index (χ4n) is 2.22. The van der Waals surface area contributed by atoms with Crippen molar-refractivity contribution in [1.29, 1.82) is 5.26 Å². The fraction of sp³-hybridized carbons (Fsp3) is 0.278. The summed E-state index contributed by atoms with van der Waals surface area (Å²) in [6, 6.07) is 15.8. The van der Waals surface area contributed by atoms with Gasteiger partial charge in [-0.1, -0.05) is 29.8 Å². The molecule has 0 aliphatic rings. The largest absolute Gasteiger partial charge is 0.392 e. The second-order valence-corrected chi connectivity index (χ2v) is 5.73. The quantitative estimate of drug-likeness (QED) is 0.811. The van der Waals surface area contributed by atoms with Gasteiger partial charge in [-0.25, -0.2) is 0 Å². The smallest absolute Gasteiger partial charge is 0.0682 e. The zero-order valence-electron chi connectivity index (χ0n) is 13.1. The molecule has 0 amide bonds. The lowest BCUT2D eigenvalue weighted by atomic mass is 10.1. The Balaban J connectivity index is 1.98. The lowest BCUT2D eigenvalue weighted by molar-refractivity contribution is 0.282. The van der Waals surface area contributed by atoms with E-state index < -0.39 is 0 Å². The second-order valence-electron chi connectivity index (χ2n) is 5.32. The summed E-state index contributed by atoms with van der Waals surface area (Å²) in [6.45, 7) is 1.37. The molecule has 0 aromatic heterocycles. The number of nitrogens with zero attached hydrogens (tertiary/aromatic N) is 2. The molecule has 4 nitrogen and oxygen atoms in total. The van der Waals surface area contributed by atoms with E-state index in [-0.39, 0.29) is 6.61 Å². The number of anilines is 2. The molecule has 5 heteroatoms. The van der Waals surface area contributed by atoms with Gasteiger partial charge in [0.2, 0.25) is 0 Å². The Morgan fingerprint density at radius 3 is 2.52 bits per heavy atom. The van der Waals surface area contributed by atoms with Crippen molar-refractivity contribution in [3.8, 4) is 6.07 Å². The van der Waals surface area contributed by atoms with Crippen LogP contribution in [0, 0.1) is 11.3 Å². The van der Waals surface area contributed by atoms with Crippen molar-refractivity contribution in [2.24, 2.45) is 0 Å². The van der Waals surface area contributed by atoms with Crippen molar-refractivity contribution in [2.75, 3.05) is 23.8 Å². The molecule has 0 fully saturated rings. The summed E-state index contributed by atoms with van der Waals surface area (Å²) in [6.07, 6.45) is 0.513. The number of hydrogen-bond donors (Lipinski definition) is 2. The molecule has 0 heterocycles. The number of hydrogen-bond acceptors (Lipinski definition) is 4. The highest BCUT2D eigenvalue weighted by molar-refractivity contribution is 6.33. The highest BCUT2D eigenvalue weighted by Crippen LogP contribution is 2.24. The van der Waals surface area contributed by atoms with Gasteiger partial charge in [-0.15, -0.1) is 0 Å². The zero-order valence-corrected chi connectivity index (χ0v) is 13.8. The van der Waals surface area contributed by atoms with Crippen molar-refractivity contribution >= 4 is 23.0 Å². The summed E-state index contributed by atoms with van der Waals surface area (Å²) in [4.78, 5) is 2.06. The minimum atomic E-state index is -0.00439. The van der Waals surface area contributed by atoms with Crippen LogP contribution >= 0.6 is 11.6 Å². The van der Waals surface area contributed by atoms with Gasteiger partial charge in [0.05, 0.1) is 29.8 Å². The molecular formula is C18H20ClN3O. The Bertz CT molecular complexity index is 680. The third kappa shape index (κ3) is 4.88. The molecule has 0 aliphatic carbocycles. The normalized spacial score (nSPS) is 10.2. The first-order chi connectivity index (χ1) is 11.1. The zero-order chi connectivity index (χ0) is 16.7. The van der Waals surface area contributed by atoms with Crippen LogP contribution in [0.2, 0.25) is 5.02 Å². The minimum Gasteiger partial charge on any atom is -0.392 e. The van der Waals surface area contributed by atoms with Crippen LogP contribution in [-0.4, -0.2) is 18.7 Å². The summed E-state index contributed by atoms with van der Waals surface area (Å²) in [5, 5.41) is 21.7. The van der Waals surface area contributed by atoms with Gasteiger partial charge < -0.3 is 15.3 Å². The van der Waals surface area contributed by atoms with Gasteiger partial charge in [0.25, 0.3) is 0 Å². The molecule has 0 saturated heterocycles. The van der Waals surface area contributed by atoms with Crippen LogP contribution in [0.3, 0.4) is 0 Å². The first-order valence-corrected chi connectivity index (χ1v) is 7.82. The van der Waals surface area contributed by atoms with Gasteiger partial charge in [-0.05, 0) is 35.4 Å². The molecule has 0 radical (unpaired) electrons. The van der Waals surface area contributed by atoms with E-state index in [1.807, 2.05) is 25.2 Å². The molecular weight excluding hydrogens is 310 g/mol. The molecule has 0 atom stereocenters. The third-order valence-corrected chi connectivity index (χ3v) is 3.96. The minimum absolute atomic E-state index is 0.00439. The molecule has 0 spiro atoms. The van der Waals surface area contributed by atoms with E-state index >= 15 is 0 Å². The summed E-state index contributed by atoms with van der Waals surface area (Å²) in [5.41, 5.74) is 3.86. The third-order valence-electron chi connectivity index (χ3n) is 3.63. The molecule has 0 aliphatic heterocycles. The summed E-state index contributed by atoms with van der Waals surface area (Å²) in [5.74, 6) is 0. The van der Waals surface area contributed by atoms with E-state index in [9.17, 15) is 5.11 Å². The maximum atomic E-state index is 9.19. The highest BCUT2D eigenvalue weighted by Gasteiger charge is 2.03. The molecule has 0 unspecified atom stereocenters. The Kier molecular flexibility index (Phi) is 6.28. The van der Waals surface area contributed by atoms with Crippen molar-refractivity contribution < 1.29 is 5.11 Å².